The lowest BCUT2D eigenvalue weighted by Crippen LogP contribution is -3.13. The van der Waals surface area contributed by atoms with E-state index in [-0.39, 0.29) is 0 Å². The first-order valence-electron chi connectivity index (χ1n) is 7.30. The number of nitrogens with one attached hydrogen (secondary N) is 1. The van der Waals surface area contributed by atoms with Crippen molar-refractivity contribution < 1.29 is 4.90 Å². The smallest absolute Gasteiger partial charge is 0.104 e. The highest BCUT2D eigenvalue weighted by molar-refractivity contribution is 9.10. The standard InChI is InChI=1S/C17H18BrClN2/c18-17-4-2-1-3-14(17)13-20-9-11-21(12-10-20)16-7-5-15(19)6-8-16/h1-8H,9-13H2/p+1. The van der Waals surface area contributed by atoms with Crippen LogP contribution in [0.15, 0.2) is 53.0 Å². The Bertz CT molecular complexity index is 592. The minimum atomic E-state index is 0.803. The highest BCUT2D eigenvalue weighted by Crippen LogP contribution is 2.18. The zero-order valence-electron chi connectivity index (χ0n) is 11.9. The van der Waals surface area contributed by atoms with E-state index in [1.807, 2.05) is 12.1 Å². The first-order valence-corrected chi connectivity index (χ1v) is 8.47. The van der Waals surface area contributed by atoms with Crippen LogP contribution in [0, 0.1) is 0 Å². The van der Waals surface area contributed by atoms with E-state index in [0.717, 1.165) is 24.7 Å². The van der Waals surface area contributed by atoms with Gasteiger partial charge in [0.2, 0.25) is 0 Å². The molecule has 1 fully saturated rings. The molecule has 110 valence electrons. The maximum absolute atomic E-state index is 5.95. The molecule has 4 heteroatoms. The molecule has 0 saturated carbocycles. The molecule has 1 saturated heterocycles. The molecule has 21 heavy (non-hydrogen) atoms. The second-order valence-corrected chi connectivity index (χ2v) is 6.77. The summed E-state index contributed by atoms with van der Waals surface area (Å²) >= 11 is 9.59. The summed E-state index contributed by atoms with van der Waals surface area (Å²) in [5, 5.41) is 0.803. The lowest BCUT2D eigenvalue weighted by atomic mass is 10.2. The van der Waals surface area contributed by atoms with Crippen LogP contribution in [0.2, 0.25) is 5.02 Å². The third kappa shape index (κ3) is 3.79. The molecule has 0 aliphatic carbocycles. The molecule has 1 aliphatic heterocycles. The van der Waals surface area contributed by atoms with Crippen molar-refractivity contribution in [3.63, 3.8) is 0 Å². The maximum atomic E-state index is 5.95. The lowest BCUT2D eigenvalue weighted by molar-refractivity contribution is -0.914. The number of rotatable bonds is 3. The molecule has 2 aromatic rings. The van der Waals surface area contributed by atoms with Crippen LogP contribution < -0.4 is 9.80 Å². The zero-order valence-corrected chi connectivity index (χ0v) is 14.2. The number of benzene rings is 2. The molecule has 3 rings (SSSR count). The molecular formula is C17H19BrClN2+. The van der Waals surface area contributed by atoms with Gasteiger partial charge in [-0.25, -0.2) is 0 Å². The fraction of sp³-hybridized carbons (Fsp3) is 0.294. The highest BCUT2D eigenvalue weighted by Gasteiger charge is 2.20. The highest BCUT2D eigenvalue weighted by atomic mass is 79.9. The first kappa shape index (κ1) is 14.9. The zero-order chi connectivity index (χ0) is 14.7. The average molecular weight is 367 g/mol. The molecule has 0 bridgehead atoms. The summed E-state index contributed by atoms with van der Waals surface area (Å²) < 4.78 is 1.22. The Labute approximate surface area is 139 Å². The fourth-order valence-corrected chi connectivity index (χ4v) is 3.37. The van der Waals surface area contributed by atoms with Gasteiger partial charge < -0.3 is 9.80 Å². The molecule has 0 aromatic heterocycles. The SMILES string of the molecule is Clc1ccc(N2CC[NH+](Cc3ccccc3Br)CC2)cc1. The summed E-state index contributed by atoms with van der Waals surface area (Å²) in [5.74, 6) is 0. The van der Waals surface area contributed by atoms with E-state index in [0.29, 0.717) is 0 Å². The molecule has 1 heterocycles. The maximum Gasteiger partial charge on any atom is 0.104 e. The molecule has 0 radical (unpaired) electrons. The second-order valence-electron chi connectivity index (χ2n) is 5.48. The summed E-state index contributed by atoms with van der Waals surface area (Å²) in [6.45, 7) is 5.63. The number of anilines is 1. The Balaban J connectivity index is 1.58. The van der Waals surface area contributed by atoms with E-state index in [2.05, 4.69) is 57.2 Å². The van der Waals surface area contributed by atoms with Gasteiger partial charge in [-0.2, -0.15) is 0 Å². The molecule has 2 nitrogen and oxygen atoms in total. The number of quaternary nitrogens is 1. The predicted molar refractivity (Wildman–Crippen MR) is 92.2 cm³/mol. The predicted octanol–water partition coefficient (Wildman–Crippen LogP) is 3.01. The largest absolute Gasteiger partial charge is 0.360 e. The van der Waals surface area contributed by atoms with Gasteiger partial charge >= 0.3 is 0 Å². The molecule has 0 spiro atoms. The van der Waals surface area contributed by atoms with E-state index in [4.69, 9.17) is 11.6 Å². The van der Waals surface area contributed by atoms with E-state index >= 15 is 0 Å². The monoisotopic (exact) mass is 365 g/mol. The number of hydrogen-bond acceptors (Lipinski definition) is 1. The Morgan fingerprint density at radius 1 is 1.00 bits per heavy atom. The molecule has 0 unspecified atom stereocenters. The van der Waals surface area contributed by atoms with Gasteiger partial charge in [-0.15, -0.1) is 0 Å². The van der Waals surface area contributed by atoms with Crippen molar-refractivity contribution in [2.24, 2.45) is 0 Å². The van der Waals surface area contributed by atoms with Gasteiger partial charge in [-0.1, -0.05) is 45.7 Å². The van der Waals surface area contributed by atoms with Crippen LogP contribution in [0.3, 0.4) is 0 Å². The third-order valence-electron chi connectivity index (χ3n) is 4.06. The molecule has 0 atom stereocenters. The van der Waals surface area contributed by atoms with E-state index in [1.165, 1.54) is 28.8 Å². The van der Waals surface area contributed by atoms with Crippen LogP contribution in [0.1, 0.15) is 5.56 Å². The summed E-state index contributed by atoms with van der Waals surface area (Å²) in [7, 11) is 0. The number of piperazine rings is 1. The Morgan fingerprint density at radius 3 is 2.33 bits per heavy atom. The minimum absolute atomic E-state index is 0.803. The number of nitrogens with zero attached hydrogens (tertiary/aromatic N) is 1. The van der Waals surface area contributed by atoms with Crippen molar-refractivity contribution in [2.45, 2.75) is 6.54 Å². The van der Waals surface area contributed by atoms with Gasteiger partial charge in [0.1, 0.15) is 6.54 Å². The van der Waals surface area contributed by atoms with Crippen molar-refractivity contribution in [1.29, 1.82) is 0 Å². The quantitative estimate of drug-likeness (QED) is 0.877. The Morgan fingerprint density at radius 2 is 1.67 bits per heavy atom. The van der Waals surface area contributed by atoms with Gasteiger partial charge in [0.25, 0.3) is 0 Å². The fourth-order valence-electron chi connectivity index (χ4n) is 2.82. The van der Waals surface area contributed by atoms with Crippen molar-refractivity contribution in [1.82, 2.24) is 0 Å². The van der Waals surface area contributed by atoms with E-state index < -0.39 is 0 Å². The summed E-state index contributed by atoms with van der Waals surface area (Å²) in [6, 6.07) is 16.7. The average Bonchev–Trinajstić information content (AvgIpc) is 2.51. The Hall–Kier alpha value is -1.03. The van der Waals surface area contributed by atoms with Crippen molar-refractivity contribution >= 4 is 33.2 Å². The Kier molecular flexibility index (Phi) is 4.84. The van der Waals surface area contributed by atoms with Gasteiger partial charge in [0.05, 0.1) is 26.2 Å². The molecule has 1 N–H and O–H groups in total. The van der Waals surface area contributed by atoms with Crippen LogP contribution >= 0.6 is 27.5 Å². The van der Waals surface area contributed by atoms with E-state index in [9.17, 15) is 0 Å². The van der Waals surface area contributed by atoms with Gasteiger partial charge in [-0.3, -0.25) is 0 Å². The van der Waals surface area contributed by atoms with Gasteiger partial charge in [0, 0.05) is 20.7 Å². The van der Waals surface area contributed by atoms with Gasteiger partial charge in [0.15, 0.2) is 0 Å². The normalized spacial score (nSPS) is 16.2. The third-order valence-corrected chi connectivity index (χ3v) is 5.09. The van der Waals surface area contributed by atoms with Crippen LogP contribution in [0.4, 0.5) is 5.69 Å². The topological polar surface area (TPSA) is 7.68 Å². The summed E-state index contributed by atoms with van der Waals surface area (Å²) in [6.07, 6.45) is 0. The molecule has 1 aliphatic rings. The first-order chi connectivity index (χ1) is 10.2. The lowest BCUT2D eigenvalue weighted by Gasteiger charge is -2.33. The summed E-state index contributed by atoms with van der Waals surface area (Å²) in [4.78, 5) is 4.09. The number of hydrogen-bond donors (Lipinski definition) is 1. The van der Waals surface area contributed by atoms with E-state index in [1.54, 1.807) is 4.90 Å². The number of halogens is 2. The molecular weight excluding hydrogens is 348 g/mol. The van der Waals surface area contributed by atoms with Crippen LogP contribution in [-0.4, -0.2) is 26.2 Å². The van der Waals surface area contributed by atoms with Crippen molar-refractivity contribution in [3.8, 4) is 0 Å². The van der Waals surface area contributed by atoms with Crippen LogP contribution in [0.25, 0.3) is 0 Å². The molecule has 0 amide bonds. The minimum Gasteiger partial charge on any atom is -0.360 e. The van der Waals surface area contributed by atoms with Crippen LogP contribution in [0.5, 0.6) is 0 Å². The second kappa shape index (κ2) is 6.82. The van der Waals surface area contributed by atoms with Crippen molar-refractivity contribution in [3.05, 3.63) is 63.6 Å². The van der Waals surface area contributed by atoms with Crippen LogP contribution in [-0.2, 0) is 6.54 Å². The summed E-state index contributed by atoms with van der Waals surface area (Å²) in [5.41, 5.74) is 2.67. The molecule has 2 aromatic carbocycles. The van der Waals surface area contributed by atoms with Gasteiger partial charge in [-0.05, 0) is 30.3 Å². The van der Waals surface area contributed by atoms with Crippen molar-refractivity contribution in [2.75, 3.05) is 31.1 Å².